The van der Waals surface area contributed by atoms with Crippen LogP contribution in [0.3, 0.4) is 0 Å². The van der Waals surface area contributed by atoms with E-state index in [0.717, 1.165) is 18.4 Å². The molecule has 302 valence electrons. The van der Waals surface area contributed by atoms with Crippen LogP contribution in [0, 0.1) is 23.7 Å². The molecule has 12 nitrogen and oxygen atoms in total. The number of rotatable bonds is 22. The van der Waals surface area contributed by atoms with Gasteiger partial charge in [-0.1, -0.05) is 84.7 Å². The maximum Gasteiger partial charge on any atom is 0.311 e. The lowest BCUT2D eigenvalue weighted by Gasteiger charge is -2.41. The molecule has 1 aromatic rings. The van der Waals surface area contributed by atoms with Gasteiger partial charge in [-0.3, -0.25) is 24.1 Å². The molecule has 1 heterocycles. The standard InChI is InChI=1S/C41H70N4O8/c1-13-27(5)35(42-39(48)36(26(3)4)43(8)9)40(49)44(10)37(28(6)14-2)33(51-11)24-34(47)45-22-18-21-32(45)38(52-12)29(7)41(50)53-25-31(46)23-30-19-16-15-17-20-30/h15-17,19-20,26-29,31-33,35-38,46H,13-14,18,21-25H2,1-12H3,(H,42,48)/t27-,28-,29+,31-,32-,33+,35?,36-,37-,38+/m0/s1. The van der Waals surface area contributed by atoms with E-state index in [1.54, 1.807) is 30.9 Å². The van der Waals surface area contributed by atoms with Crippen LogP contribution in [0.4, 0.5) is 0 Å². The molecular weight excluding hydrogens is 676 g/mol. The van der Waals surface area contributed by atoms with Gasteiger partial charge in [-0.25, -0.2) is 0 Å². The predicted molar refractivity (Wildman–Crippen MR) is 207 cm³/mol. The molecule has 0 radical (unpaired) electrons. The quantitative estimate of drug-likeness (QED) is 0.168. The molecule has 0 aromatic heterocycles. The molecule has 2 rings (SSSR count). The van der Waals surface area contributed by atoms with Gasteiger partial charge in [0, 0.05) is 34.2 Å². The molecule has 1 aliphatic rings. The molecule has 1 aromatic carbocycles. The summed E-state index contributed by atoms with van der Waals surface area (Å²) in [4.78, 5) is 60.5. The highest BCUT2D eigenvalue weighted by molar-refractivity contribution is 5.90. The van der Waals surface area contributed by atoms with Crippen LogP contribution in [0.1, 0.15) is 86.1 Å². The minimum Gasteiger partial charge on any atom is -0.463 e. The molecule has 1 fully saturated rings. The van der Waals surface area contributed by atoms with Crippen molar-refractivity contribution in [3.8, 4) is 0 Å². The van der Waals surface area contributed by atoms with Gasteiger partial charge in [-0.05, 0) is 57.2 Å². The number of hydrogen-bond donors (Lipinski definition) is 2. The van der Waals surface area contributed by atoms with E-state index in [9.17, 15) is 24.3 Å². The van der Waals surface area contributed by atoms with Gasteiger partial charge >= 0.3 is 5.97 Å². The second-order valence-corrected chi connectivity index (χ2v) is 15.6. The number of nitrogens with one attached hydrogen (secondary N) is 1. The topological polar surface area (TPSA) is 138 Å². The Morgan fingerprint density at radius 2 is 1.57 bits per heavy atom. The number of likely N-dealkylation sites (N-methyl/N-ethyl adjacent to an activating group) is 2. The number of methoxy groups -OCH3 is 2. The van der Waals surface area contributed by atoms with E-state index in [1.165, 1.54) is 7.11 Å². The summed E-state index contributed by atoms with van der Waals surface area (Å²) < 4.78 is 17.4. The van der Waals surface area contributed by atoms with Gasteiger partial charge in [-0.2, -0.15) is 0 Å². The van der Waals surface area contributed by atoms with E-state index in [-0.39, 0.29) is 54.5 Å². The monoisotopic (exact) mass is 747 g/mol. The Morgan fingerprint density at radius 1 is 0.943 bits per heavy atom. The van der Waals surface area contributed by atoms with Crippen LogP contribution in [-0.4, -0.2) is 134 Å². The van der Waals surface area contributed by atoms with Crippen LogP contribution in [0.2, 0.25) is 0 Å². The van der Waals surface area contributed by atoms with Gasteiger partial charge in [0.05, 0.1) is 48.8 Å². The first kappa shape index (κ1) is 46.1. The number of carbonyl (C=O) groups is 4. The van der Waals surface area contributed by atoms with E-state index in [4.69, 9.17) is 14.2 Å². The summed E-state index contributed by atoms with van der Waals surface area (Å²) in [7, 11) is 8.56. The highest BCUT2D eigenvalue weighted by atomic mass is 16.5. The molecule has 0 saturated carbocycles. The maximum atomic E-state index is 14.3. The molecule has 1 unspecified atom stereocenters. The number of aliphatic hydroxyl groups excluding tert-OH is 1. The Morgan fingerprint density at radius 3 is 2.09 bits per heavy atom. The molecule has 2 N–H and O–H groups in total. The largest absolute Gasteiger partial charge is 0.463 e. The number of amides is 3. The number of nitrogens with zero attached hydrogens (tertiary/aromatic N) is 3. The van der Waals surface area contributed by atoms with Gasteiger partial charge in [-0.15, -0.1) is 0 Å². The second kappa shape index (κ2) is 22.4. The fraction of sp³-hybridized carbons (Fsp3) is 0.756. The zero-order valence-corrected chi connectivity index (χ0v) is 34.5. The molecule has 53 heavy (non-hydrogen) atoms. The minimum atomic E-state index is -0.847. The number of ether oxygens (including phenoxy) is 3. The van der Waals surface area contributed by atoms with E-state index in [0.29, 0.717) is 25.8 Å². The van der Waals surface area contributed by atoms with Gasteiger partial charge in [0.2, 0.25) is 17.7 Å². The van der Waals surface area contributed by atoms with E-state index < -0.39 is 48.3 Å². The predicted octanol–water partition coefficient (Wildman–Crippen LogP) is 4.17. The Balaban J connectivity index is 2.23. The normalized spacial score (nSPS) is 19.8. The summed E-state index contributed by atoms with van der Waals surface area (Å²) >= 11 is 0. The summed E-state index contributed by atoms with van der Waals surface area (Å²) in [6, 6.07) is 7.56. The van der Waals surface area contributed by atoms with Crippen molar-refractivity contribution in [2.75, 3.05) is 48.5 Å². The Bertz CT molecular complexity index is 1270. The molecule has 0 spiro atoms. The fourth-order valence-electron chi connectivity index (χ4n) is 7.82. The first-order valence-electron chi connectivity index (χ1n) is 19.5. The third-order valence-electron chi connectivity index (χ3n) is 11.2. The number of aliphatic hydroxyl groups is 1. The molecular formula is C41H70N4O8. The van der Waals surface area contributed by atoms with Crippen molar-refractivity contribution < 1.29 is 38.5 Å². The number of carbonyl (C=O) groups excluding carboxylic acids is 4. The van der Waals surface area contributed by atoms with Crippen molar-refractivity contribution in [3.63, 3.8) is 0 Å². The SMILES string of the molecule is CC[C@H](C)C(NC(=O)[C@H](C(C)C)N(C)C)C(=O)N(C)[C@@H]([C@@H](C)CC)[C@@H](CC(=O)N1CCC[C@H]1[C@H](OC)[C@@H](C)C(=O)OC[C@@H](O)Cc1ccccc1)OC. The van der Waals surface area contributed by atoms with Crippen molar-refractivity contribution in [2.45, 2.75) is 129 Å². The highest BCUT2D eigenvalue weighted by Crippen LogP contribution is 2.30. The molecule has 1 saturated heterocycles. The van der Waals surface area contributed by atoms with Crippen LogP contribution in [-0.2, 0) is 39.8 Å². The highest BCUT2D eigenvalue weighted by Gasteiger charge is 2.43. The average molecular weight is 747 g/mol. The summed E-state index contributed by atoms with van der Waals surface area (Å²) in [6.45, 7) is 14.1. The zero-order valence-electron chi connectivity index (χ0n) is 34.5. The summed E-state index contributed by atoms with van der Waals surface area (Å²) in [5.41, 5.74) is 0.946. The molecule has 3 amide bonds. The molecule has 0 aliphatic carbocycles. The average Bonchev–Trinajstić information content (AvgIpc) is 3.61. The Kier molecular flexibility index (Phi) is 19.4. The molecule has 12 heteroatoms. The van der Waals surface area contributed by atoms with Crippen molar-refractivity contribution in [1.82, 2.24) is 20.0 Å². The maximum absolute atomic E-state index is 14.3. The number of likely N-dealkylation sites (tertiary alicyclic amines) is 1. The smallest absolute Gasteiger partial charge is 0.311 e. The van der Waals surface area contributed by atoms with Crippen molar-refractivity contribution in [1.29, 1.82) is 0 Å². The van der Waals surface area contributed by atoms with Crippen molar-refractivity contribution in [3.05, 3.63) is 35.9 Å². The lowest BCUT2D eigenvalue weighted by Crippen LogP contribution is -2.60. The molecule has 1 aliphatic heterocycles. The first-order chi connectivity index (χ1) is 25.0. The van der Waals surface area contributed by atoms with Gasteiger partial charge < -0.3 is 34.4 Å². The molecule has 0 bridgehead atoms. The van der Waals surface area contributed by atoms with Gasteiger partial charge in [0.1, 0.15) is 12.6 Å². The van der Waals surface area contributed by atoms with Gasteiger partial charge in [0.15, 0.2) is 0 Å². The van der Waals surface area contributed by atoms with Crippen LogP contribution < -0.4 is 5.32 Å². The van der Waals surface area contributed by atoms with E-state index in [2.05, 4.69) is 5.32 Å². The summed E-state index contributed by atoms with van der Waals surface area (Å²) in [5, 5.41) is 13.6. The van der Waals surface area contributed by atoms with Gasteiger partial charge in [0.25, 0.3) is 0 Å². The lowest BCUT2D eigenvalue weighted by atomic mass is 9.89. The van der Waals surface area contributed by atoms with Crippen LogP contribution in [0.5, 0.6) is 0 Å². The zero-order chi connectivity index (χ0) is 40.0. The molecule has 10 atom stereocenters. The third kappa shape index (κ3) is 12.8. The van der Waals surface area contributed by atoms with Crippen LogP contribution in [0.15, 0.2) is 30.3 Å². The van der Waals surface area contributed by atoms with Crippen molar-refractivity contribution in [2.24, 2.45) is 23.7 Å². The first-order valence-corrected chi connectivity index (χ1v) is 19.5. The minimum absolute atomic E-state index is 0.0201. The van der Waals surface area contributed by atoms with E-state index >= 15 is 0 Å². The van der Waals surface area contributed by atoms with Crippen LogP contribution >= 0.6 is 0 Å². The number of hydrogen-bond acceptors (Lipinski definition) is 9. The third-order valence-corrected chi connectivity index (χ3v) is 11.2. The summed E-state index contributed by atoms with van der Waals surface area (Å²) in [6.07, 6.45) is 1.14. The number of esters is 1. The van der Waals surface area contributed by atoms with Crippen LogP contribution in [0.25, 0.3) is 0 Å². The van der Waals surface area contributed by atoms with Crippen molar-refractivity contribution >= 4 is 23.7 Å². The second-order valence-electron chi connectivity index (χ2n) is 15.6. The van der Waals surface area contributed by atoms with E-state index in [1.807, 2.05) is 90.9 Å². The Hall–Kier alpha value is -3.06. The fourth-order valence-corrected chi connectivity index (χ4v) is 7.82. The summed E-state index contributed by atoms with van der Waals surface area (Å²) in [5.74, 6) is -1.83. The Labute approximate surface area is 319 Å². The number of benzene rings is 1. The lowest BCUT2D eigenvalue weighted by molar-refractivity contribution is -0.159.